The number of thioether (sulfide) groups is 1. The van der Waals surface area contributed by atoms with E-state index in [1.54, 1.807) is 0 Å². The van der Waals surface area contributed by atoms with Crippen LogP contribution in [0.3, 0.4) is 0 Å². The average Bonchev–Trinajstić information content (AvgIpc) is 2.85. The Morgan fingerprint density at radius 2 is 1.88 bits per heavy atom. The maximum atomic E-state index is 12.0. The topological polar surface area (TPSA) is 41.6 Å². The van der Waals surface area contributed by atoms with Gasteiger partial charge in [-0.15, -0.1) is 0 Å². The molecule has 1 fully saturated rings. The minimum atomic E-state index is 0.138. The molecule has 4 nitrogen and oxygen atoms in total. The number of hydrogen-bond acceptors (Lipinski definition) is 4. The van der Waals surface area contributed by atoms with Crippen molar-refractivity contribution < 1.29 is 9.53 Å². The van der Waals surface area contributed by atoms with E-state index in [4.69, 9.17) is 4.74 Å². The molecular formula is C28H38N2O2S. The highest BCUT2D eigenvalue weighted by Gasteiger charge is 2.10. The van der Waals surface area contributed by atoms with E-state index in [0.29, 0.717) is 19.6 Å². The standard InChI is InChI=1S/C28H38N2O2S/c31-28(16-9-22-33-21-8-14-25-11-3-1-4-12-25)29-17-10-20-32-27-15-7-13-26(23-27)24-30-18-5-2-6-19-30/h1,3-4,7-8,11-15,23H,2,5-6,9-10,16-22,24H2,(H,29,31)/b14-8+. The molecule has 5 heteroatoms. The van der Waals surface area contributed by atoms with E-state index < -0.39 is 0 Å². The minimum absolute atomic E-state index is 0.138. The van der Waals surface area contributed by atoms with Gasteiger partial charge in [0.1, 0.15) is 5.75 Å². The Bertz CT molecular complexity index is 835. The first-order valence-electron chi connectivity index (χ1n) is 12.3. The molecule has 0 radical (unpaired) electrons. The van der Waals surface area contributed by atoms with Crippen LogP contribution in [0, 0.1) is 0 Å². The second-order valence-electron chi connectivity index (χ2n) is 8.53. The second kappa shape index (κ2) is 15.6. The molecule has 0 spiro atoms. The fourth-order valence-electron chi connectivity index (χ4n) is 3.92. The molecule has 0 saturated carbocycles. The van der Waals surface area contributed by atoms with Crippen LogP contribution in [-0.2, 0) is 11.3 Å². The van der Waals surface area contributed by atoms with Crippen molar-refractivity contribution in [2.75, 3.05) is 37.7 Å². The van der Waals surface area contributed by atoms with E-state index in [1.165, 1.54) is 43.5 Å². The second-order valence-corrected chi connectivity index (χ2v) is 9.68. The molecule has 33 heavy (non-hydrogen) atoms. The van der Waals surface area contributed by atoms with Crippen LogP contribution >= 0.6 is 11.8 Å². The van der Waals surface area contributed by atoms with Crippen molar-refractivity contribution >= 4 is 23.7 Å². The van der Waals surface area contributed by atoms with E-state index in [-0.39, 0.29) is 5.91 Å². The van der Waals surface area contributed by atoms with Crippen LogP contribution in [0.2, 0.25) is 0 Å². The number of carbonyl (C=O) groups excluding carboxylic acids is 1. The molecule has 1 saturated heterocycles. The van der Waals surface area contributed by atoms with Crippen LogP contribution in [-0.4, -0.2) is 48.6 Å². The predicted octanol–water partition coefficient (Wildman–Crippen LogP) is 5.78. The highest BCUT2D eigenvalue weighted by molar-refractivity contribution is 7.99. The van der Waals surface area contributed by atoms with Gasteiger partial charge in [0.15, 0.2) is 0 Å². The van der Waals surface area contributed by atoms with E-state index in [1.807, 2.05) is 36.0 Å². The number of rotatable bonds is 14. The molecule has 1 heterocycles. The van der Waals surface area contributed by atoms with Gasteiger partial charge in [-0.1, -0.05) is 61.0 Å². The third kappa shape index (κ3) is 11.0. The Balaban J connectivity index is 1.18. The number of benzene rings is 2. The van der Waals surface area contributed by atoms with Crippen LogP contribution in [0.4, 0.5) is 0 Å². The summed E-state index contributed by atoms with van der Waals surface area (Å²) >= 11 is 1.87. The van der Waals surface area contributed by atoms with Crippen LogP contribution < -0.4 is 10.1 Å². The van der Waals surface area contributed by atoms with Crippen molar-refractivity contribution in [2.45, 2.75) is 45.1 Å². The lowest BCUT2D eigenvalue weighted by molar-refractivity contribution is -0.121. The van der Waals surface area contributed by atoms with Gasteiger partial charge in [0, 0.05) is 25.3 Å². The monoisotopic (exact) mass is 466 g/mol. The van der Waals surface area contributed by atoms with Crippen LogP contribution in [0.25, 0.3) is 6.08 Å². The molecule has 0 aliphatic carbocycles. The summed E-state index contributed by atoms with van der Waals surface area (Å²) in [5, 5.41) is 3.01. The lowest BCUT2D eigenvalue weighted by Crippen LogP contribution is -2.29. The first-order valence-corrected chi connectivity index (χ1v) is 13.5. The SMILES string of the molecule is O=C(CCCSC/C=C/c1ccccc1)NCCCOc1cccc(CN2CCCCC2)c1. The molecule has 1 amide bonds. The van der Waals surface area contributed by atoms with Crippen LogP contribution in [0.5, 0.6) is 5.75 Å². The quantitative estimate of drug-likeness (QED) is 0.358. The molecule has 0 unspecified atom stereocenters. The van der Waals surface area contributed by atoms with Crippen molar-refractivity contribution in [1.82, 2.24) is 10.2 Å². The Labute approximate surface area is 203 Å². The maximum Gasteiger partial charge on any atom is 0.220 e. The normalized spacial score (nSPS) is 14.4. The molecule has 1 aliphatic heterocycles. The number of nitrogens with one attached hydrogen (secondary N) is 1. The first-order chi connectivity index (χ1) is 16.3. The Morgan fingerprint density at radius 1 is 1.03 bits per heavy atom. The molecule has 3 rings (SSSR count). The van der Waals surface area contributed by atoms with Crippen molar-refractivity contribution in [2.24, 2.45) is 0 Å². The van der Waals surface area contributed by atoms with E-state index in [0.717, 1.165) is 36.6 Å². The molecule has 0 bridgehead atoms. The number of likely N-dealkylation sites (tertiary alicyclic amines) is 1. The summed E-state index contributed by atoms with van der Waals surface area (Å²) in [5.74, 6) is 3.05. The van der Waals surface area contributed by atoms with E-state index in [2.05, 4.69) is 52.7 Å². The van der Waals surface area contributed by atoms with E-state index >= 15 is 0 Å². The lowest BCUT2D eigenvalue weighted by atomic mass is 10.1. The predicted molar refractivity (Wildman–Crippen MR) is 141 cm³/mol. The Morgan fingerprint density at radius 3 is 2.73 bits per heavy atom. The summed E-state index contributed by atoms with van der Waals surface area (Å²) in [6.07, 6.45) is 10.6. The van der Waals surface area contributed by atoms with Crippen LogP contribution in [0.1, 0.15) is 49.7 Å². The van der Waals surface area contributed by atoms with Gasteiger partial charge in [0.05, 0.1) is 6.61 Å². The zero-order valence-electron chi connectivity index (χ0n) is 19.7. The van der Waals surface area contributed by atoms with Crippen molar-refractivity contribution in [3.05, 3.63) is 71.8 Å². The van der Waals surface area contributed by atoms with Gasteiger partial charge in [-0.3, -0.25) is 9.69 Å². The molecule has 178 valence electrons. The molecule has 1 aliphatic rings. The van der Waals surface area contributed by atoms with Crippen LogP contribution in [0.15, 0.2) is 60.7 Å². The molecule has 1 N–H and O–H groups in total. The third-order valence-electron chi connectivity index (χ3n) is 5.68. The first kappa shape index (κ1) is 25.4. The molecule has 2 aromatic carbocycles. The zero-order chi connectivity index (χ0) is 23.0. The van der Waals surface area contributed by atoms with Gasteiger partial charge in [0.2, 0.25) is 5.91 Å². The van der Waals surface area contributed by atoms with Gasteiger partial charge < -0.3 is 10.1 Å². The van der Waals surface area contributed by atoms with Crippen molar-refractivity contribution in [3.8, 4) is 5.75 Å². The molecule has 0 atom stereocenters. The van der Waals surface area contributed by atoms with Gasteiger partial charge in [0.25, 0.3) is 0 Å². The summed E-state index contributed by atoms with van der Waals surface area (Å²) < 4.78 is 5.91. The molecular weight excluding hydrogens is 428 g/mol. The number of amides is 1. The summed E-state index contributed by atoms with van der Waals surface area (Å²) in [5.41, 5.74) is 2.54. The highest BCUT2D eigenvalue weighted by atomic mass is 32.2. The smallest absolute Gasteiger partial charge is 0.220 e. The van der Waals surface area contributed by atoms with Gasteiger partial charge in [-0.05, 0) is 67.8 Å². The molecule has 0 aromatic heterocycles. The van der Waals surface area contributed by atoms with Gasteiger partial charge in [-0.25, -0.2) is 0 Å². The summed E-state index contributed by atoms with van der Waals surface area (Å²) in [7, 11) is 0. The summed E-state index contributed by atoms with van der Waals surface area (Å²) in [6.45, 7) is 4.70. The maximum absolute atomic E-state index is 12.0. The molecule has 2 aromatic rings. The number of carbonyl (C=O) groups is 1. The number of piperidine rings is 1. The fraction of sp³-hybridized carbons (Fsp3) is 0.464. The number of hydrogen-bond donors (Lipinski definition) is 1. The van der Waals surface area contributed by atoms with Gasteiger partial charge in [-0.2, -0.15) is 11.8 Å². The minimum Gasteiger partial charge on any atom is -0.494 e. The van der Waals surface area contributed by atoms with E-state index in [9.17, 15) is 4.79 Å². The fourth-order valence-corrected chi connectivity index (χ4v) is 4.67. The van der Waals surface area contributed by atoms with Crippen molar-refractivity contribution in [3.63, 3.8) is 0 Å². The number of nitrogens with zero attached hydrogens (tertiary/aromatic N) is 1. The third-order valence-corrected chi connectivity index (χ3v) is 6.69. The lowest BCUT2D eigenvalue weighted by Gasteiger charge is -2.26. The van der Waals surface area contributed by atoms with Gasteiger partial charge >= 0.3 is 0 Å². The zero-order valence-corrected chi connectivity index (χ0v) is 20.5. The Hall–Kier alpha value is -2.24. The highest BCUT2D eigenvalue weighted by Crippen LogP contribution is 2.17. The summed E-state index contributed by atoms with van der Waals surface area (Å²) in [6, 6.07) is 18.8. The van der Waals surface area contributed by atoms with Crippen molar-refractivity contribution in [1.29, 1.82) is 0 Å². The Kier molecular flexibility index (Phi) is 12.0. The average molecular weight is 467 g/mol. The summed E-state index contributed by atoms with van der Waals surface area (Å²) in [4.78, 5) is 14.5. The number of ether oxygens (including phenoxy) is 1. The largest absolute Gasteiger partial charge is 0.494 e.